The van der Waals surface area contributed by atoms with Gasteiger partial charge in [-0.2, -0.15) is 9.97 Å². The number of aromatic nitrogens is 2. The van der Waals surface area contributed by atoms with E-state index in [0.29, 0.717) is 30.4 Å². The van der Waals surface area contributed by atoms with Gasteiger partial charge in [-0.15, -0.1) is 0 Å². The summed E-state index contributed by atoms with van der Waals surface area (Å²) in [5.41, 5.74) is 1.15. The molecule has 6 heteroatoms. The fourth-order valence-electron chi connectivity index (χ4n) is 1.32. The second kappa shape index (κ2) is 6.58. The molecule has 0 aromatic carbocycles. The standard InChI is InChI=1S/C12H16N2O4/c1-4-17-11-9(6-7-10(15)16)8(3)13-12(14-11)18-5-2/h6-7H,4-5H2,1-3H3,(H,15,16)/b7-6+. The molecular formula is C12H16N2O4. The maximum atomic E-state index is 10.5. The molecule has 1 rings (SSSR count). The van der Waals surface area contributed by atoms with Gasteiger partial charge in [-0.1, -0.05) is 0 Å². The van der Waals surface area contributed by atoms with Gasteiger partial charge in [-0.05, 0) is 26.8 Å². The molecular weight excluding hydrogens is 236 g/mol. The van der Waals surface area contributed by atoms with Crippen LogP contribution in [-0.4, -0.2) is 34.3 Å². The topological polar surface area (TPSA) is 81.5 Å². The fourth-order valence-corrected chi connectivity index (χ4v) is 1.32. The van der Waals surface area contributed by atoms with Crippen LogP contribution in [0.15, 0.2) is 6.08 Å². The molecule has 0 amide bonds. The van der Waals surface area contributed by atoms with Gasteiger partial charge in [0.25, 0.3) is 0 Å². The first-order valence-electron chi connectivity index (χ1n) is 5.63. The van der Waals surface area contributed by atoms with Crippen molar-refractivity contribution in [2.24, 2.45) is 0 Å². The van der Waals surface area contributed by atoms with Crippen LogP contribution in [0, 0.1) is 6.92 Å². The third kappa shape index (κ3) is 3.73. The molecule has 0 aliphatic heterocycles. The Morgan fingerprint density at radius 1 is 1.28 bits per heavy atom. The Kier molecular flexibility index (Phi) is 5.10. The average molecular weight is 252 g/mol. The quantitative estimate of drug-likeness (QED) is 0.776. The van der Waals surface area contributed by atoms with Crippen molar-refractivity contribution in [1.82, 2.24) is 9.97 Å². The SMILES string of the molecule is CCOc1nc(C)c(/C=C/C(=O)O)c(OCC)n1. The molecule has 0 saturated heterocycles. The Labute approximate surface area is 105 Å². The Morgan fingerprint density at radius 3 is 2.50 bits per heavy atom. The van der Waals surface area contributed by atoms with Crippen LogP contribution in [-0.2, 0) is 4.79 Å². The molecule has 0 atom stereocenters. The number of hydrogen-bond donors (Lipinski definition) is 1. The van der Waals surface area contributed by atoms with E-state index >= 15 is 0 Å². The van der Waals surface area contributed by atoms with E-state index in [2.05, 4.69) is 9.97 Å². The summed E-state index contributed by atoms with van der Waals surface area (Å²) in [6.07, 6.45) is 2.44. The first-order valence-corrected chi connectivity index (χ1v) is 5.63. The number of aryl methyl sites for hydroxylation is 1. The molecule has 0 fully saturated rings. The molecule has 1 N–H and O–H groups in total. The second-order valence-electron chi connectivity index (χ2n) is 3.35. The normalized spacial score (nSPS) is 10.6. The molecule has 1 aromatic heterocycles. The van der Waals surface area contributed by atoms with Crippen molar-refractivity contribution in [2.75, 3.05) is 13.2 Å². The molecule has 18 heavy (non-hydrogen) atoms. The summed E-state index contributed by atoms with van der Waals surface area (Å²) in [6.45, 7) is 6.28. The molecule has 0 unspecified atom stereocenters. The lowest BCUT2D eigenvalue weighted by Gasteiger charge is -2.10. The summed E-state index contributed by atoms with van der Waals surface area (Å²) < 4.78 is 10.6. The summed E-state index contributed by atoms with van der Waals surface area (Å²) in [4.78, 5) is 18.7. The number of hydrogen-bond acceptors (Lipinski definition) is 5. The first-order chi connectivity index (χ1) is 8.58. The zero-order valence-electron chi connectivity index (χ0n) is 10.6. The van der Waals surface area contributed by atoms with Crippen molar-refractivity contribution >= 4 is 12.0 Å². The highest BCUT2D eigenvalue weighted by molar-refractivity contribution is 5.86. The van der Waals surface area contributed by atoms with Crippen LogP contribution in [0.25, 0.3) is 6.08 Å². The van der Waals surface area contributed by atoms with Crippen LogP contribution in [0.3, 0.4) is 0 Å². The number of nitrogens with zero attached hydrogens (tertiary/aromatic N) is 2. The minimum Gasteiger partial charge on any atom is -0.478 e. The Bertz CT molecular complexity index is 458. The third-order valence-electron chi connectivity index (χ3n) is 2.03. The molecule has 1 aromatic rings. The minimum atomic E-state index is -1.04. The lowest BCUT2D eigenvalue weighted by molar-refractivity contribution is -0.131. The van der Waals surface area contributed by atoms with Crippen LogP contribution in [0.5, 0.6) is 11.9 Å². The summed E-state index contributed by atoms with van der Waals surface area (Å²) in [7, 11) is 0. The maximum Gasteiger partial charge on any atom is 0.328 e. The van der Waals surface area contributed by atoms with Crippen LogP contribution < -0.4 is 9.47 Å². The summed E-state index contributed by atoms with van der Waals surface area (Å²) >= 11 is 0. The van der Waals surface area contributed by atoms with Gasteiger partial charge in [0.1, 0.15) is 0 Å². The number of carbonyl (C=O) groups is 1. The number of ether oxygens (including phenoxy) is 2. The van der Waals surface area contributed by atoms with Crippen LogP contribution in [0.1, 0.15) is 25.1 Å². The van der Waals surface area contributed by atoms with E-state index < -0.39 is 5.97 Å². The second-order valence-corrected chi connectivity index (χ2v) is 3.35. The predicted octanol–water partition coefficient (Wildman–Crippen LogP) is 1.68. The van der Waals surface area contributed by atoms with E-state index in [0.717, 1.165) is 6.08 Å². The van der Waals surface area contributed by atoms with Gasteiger partial charge in [0.2, 0.25) is 5.88 Å². The first kappa shape index (κ1) is 14.0. The van der Waals surface area contributed by atoms with Gasteiger partial charge in [0.05, 0.1) is 24.5 Å². The van der Waals surface area contributed by atoms with E-state index in [1.807, 2.05) is 13.8 Å². The van der Waals surface area contributed by atoms with E-state index in [1.54, 1.807) is 6.92 Å². The summed E-state index contributed by atoms with van der Waals surface area (Å²) in [5, 5.41) is 8.63. The average Bonchev–Trinajstić information content (AvgIpc) is 2.28. The molecule has 0 radical (unpaired) electrons. The molecule has 0 bridgehead atoms. The van der Waals surface area contributed by atoms with Crippen molar-refractivity contribution in [1.29, 1.82) is 0 Å². The highest BCUT2D eigenvalue weighted by Gasteiger charge is 2.11. The van der Waals surface area contributed by atoms with Crippen molar-refractivity contribution in [2.45, 2.75) is 20.8 Å². The van der Waals surface area contributed by atoms with E-state index in [9.17, 15) is 4.79 Å². The maximum absolute atomic E-state index is 10.5. The number of carboxylic acids is 1. The van der Waals surface area contributed by atoms with Crippen LogP contribution in [0.4, 0.5) is 0 Å². The van der Waals surface area contributed by atoms with Crippen molar-refractivity contribution in [3.8, 4) is 11.9 Å². The van der Waals surface area contributed by atoms with Crippen molar-refractivity contribution < 1.29 is 19.4 Å². The smallest absolute Gasteiger partial charge is 0.328 e. The van der Waals surface area contributed by atoms with Gasteiger partial charge in [-0.3, -0.25) is 0 Å². The molecule has 6 nitrogen and oxygen atoms in total. The van der Waals surface area contributed by atoms with Crippen molar-refractivity contribution in [3.63, 3.8) is 0 Å². The number of carboxylic acid groups (broad SMARTS) is 1. The zero-order chi connectivity index (χ0) is 13.5. The van der Waals surface area contributed by atoms with E-state index in [4.69, 9.17) is 14.6 Å². The Balaban J connectivity index is 3.17. The number of aliphatic carboxylic acids is 1. The largest absolute Gasteiger partial charge is 0.478 e. The monoisotopic (exact) mass is 252 g/mol. The van der Waals surface area contributed by atoms with Crippen LogP contribution >= 0.6 is 0 Å². The molecule has 1 heterocycles. The minimum absolute atomic E-state index is 0.228. The highest BCUT2D eigenvalue weighted by Crippen LogP contribution is 2.23. The van der Waals surface area contributed by atoms with Gasteiger partial charge in [0, 0.05) is 6.08 Å². The highest BCUT2D eigenvalue weighted by atomic mass is 16.5. The summed E-state index contributed by atoms with van der Waals surface area (Å²) in [5.74, 6) is -0.711. The fraction of sp³-hybridized carbons (Fsp3) is 0.417. The molecule has 0 spiro atoms. The third-order valence-corrected chi connectivity index (χ3v) is 2.03. The predicted molar refractivity (Wildman–Crippen MR) is 65.8 cm³/mol. The van der Waals surface area contributed by atoms with Gasteiger partial charge in [-0.25, -0.2) is 4.79 Å². The lowest BCUT2D eigenvalue weighted by atomic mass is 10.2. The van der Waals surface area contributed by atoms with E-state index in [-0.39, 0.29) is 6.01 Å². The zero-order valence-corrected chi connectivity index (χ0v) is 10.6. The van der Waals surface area contributed by atoms with Gasteiger partial charge in [0.15, 0.2) is 0 Å². The van der Waals surface area contributed by atoms with Crippen molar-refractivity contribution in [3.05, 3.63) is 17.3 Å². The molecule has 0 aliphatic carbocycles. The Hall–Kier alpha value is -2.11. The van der Waals surface area contributed by atoms with Gasteiger partial charge < -0.3 is 14.6 Å². The molecule has 98 valence electrons. The summed E-state index contributed by atoms with van der Waals surface area (Å²) in [6, 6.07) is 0.228. The van der Waals surface area contributed by atoms with Gasteiger partial charge >= 0.3 is 12.0 Å². The number of rotatable bonds is 6. The molecule has 0 aliphatic rings. The lowest BCUT2D eigenvalue weighted by Crippen LogP contribution is -2.05. The Morgan fingerprint density at radius 2 is 1.94 bits per heavy atom. The van der Waals surface area contributed by atoms with Crippen LogP contribution in [0.2, 0.25) is 0 Å². The molecule has 0 saturated carbocycles. The van der Waals surface area contributed by atoms with E-state index in [1.165, 1.54) is 6.08 Å².